The van der Waals surface area contributed by atoms with Crippen LogP contribution in [-0.4, -0.2) is 349 Å². The summed E-state index contributed by atoms with van der Waals surface area (Å²) in [6, 6.07) is -2.05. The van der Waals surface area contributed by atoms with Crippen molar-refractivity contribution in [3.63, 3.8) is 0 Å². The SMILES string of the molecule is CCOC1OC(CO)[C@@H](OC2OC(CO)[C@H](O)[C@H](OC3OC(CO[C@]4(C(=O)O)C[C@@H](O)[C@@H](C)C([C@H](O)[C@H](O)CO)O4)[C@@H](O)[C@H](O[C@@H]4OC(CO)[C@H](O)[C@H](O[C@@]5(C(=O)O)CC(O)[C@H](C)C([C@H](O)[C@H](O)CO)O5)C4O)[C@@H]3NC(C)=O)[C@@H]2O)[C@H](O)[C@@H]1O. The van der Waals surface area contributed by atoms with Gasteiger partial charge < -0.3 is 164 Å². The van der Waals surface area contributed by atoms with Gasteiger partial charge in [0.15, 0.2) is 25.2 Å². The lowest BCUT2D eigenvalue weighted by Gasteiger charge is -2.51. The molecule has 6 aliphatic rings. The third kappa shape index (κ3) is 14.8. The Morgan fingerprint density at radius 3 is 1.44 bits per heavy atom. The zero-order chi connectivity index (χ0) is 62.6. The minimum atomic E-state index is -3.15. The lowest BCUT2D eigenvalue weighted by atomic mass is 9.84. The van der Waals surface area contributed by atoms with Gasteiger partial charge in [-0.15, -0.1) is 0 Å². The summed E-state index contributed by atoms with van der Waals surface area (Å²) in [5, 5.41) is 220. The number of aliphatic hydroxyl groups excluding tert-OH is 18. The van der Waals surface area contributed by atoms with Gasteiger partial charge >= 0.3 is 11.9 Å². The quantitative estimate of drug-likeness (QED) is 0.0404. The van der Waals surface area contributed by atoms with Crippen molar-refractivity contribution in [2.45, 2.75) is 224 Å². The molecular formula is C48H81NO35. The zero-order valence-electron chi connectivity index (χ0n) is 45.8. The van der Waals surface area contributed by atoms with E-state index >= 15 is 0 Å². The Labute approximate surface area is 477 Å². The van der Waals surface area contributed by atoms with Gasteiger partial charge in [0.25, 0.3) is 11.6 Å². The van der Waals surface area contributed by atoms with E-state index in [9.17, 15) is 117 Å². The first-order valence-corrected chi connectivity index (χ1v) is 27.0. The molecule has 0 spiro atoms. The van der Waals surface area contributed by atoms with Gasteiger partial charge in [0, 0.05) is 38.2 Å². The first-order valence-electron chi connectivity index (χ1n) is 27.0. The standard InChI is InChI=1S/C48H81NO35/c1-5-73-42-32(66)31(65)37(23(12-54)77-42)79-43-33(67)39(28(62)21(10-52)75-43)81-41-25(49-16(4)55)38(30(64)24(78-41)13-74-47(45(69)70)6-17(56)14(2)35(82-47)26(60)19(58)8-50)80-44-34(68)40(29(63)22(11-53)76-44)84-48(46(71)72)7-18(57)15(3)36(83-48)27(61)20(59)9-51/h14-15,17-44,50-54,56-68H,5-13H2,1-4H3,(H,49,55)(H,69,70)(H,71,72)/t14-,15+,17-,18?,19-,20-,21?,22?,23?,24?,25+,26-,27-,28+,29+,30-,31-,32+,33+,34?,35?,36?,37-,38-,39+,40+,41?,42?,43?,44+,47-,48-/m1/s1. The van der Waals surface area contributed by atoms with Gasteiger partial charge in [0.05, 0.1) is 64.1 Å². The molecule has 0 aromatic heterocycles. The third-order valence-corrected chi connectivity index (χ3v) is 15.9. The summed E-state index contributed by atoms with van der Waals surface area (Å²) >= 11 is 0. The van der Waals surface area contributed by atoms with Crippen LogP contribution in [0.4, 0.5) is 0 Å². The highest BCUT2D eigenvalue weighted by Crippen LogP contribution is 2.42. The molecule has 32 atom stereocenters. The second-order valence-corrected chi connectivity index (χ2v) is 21.6. The van der Waals surface area contributed by atoms with Crippen LogP contribution >= 0.6 is 0 Å². The number of carboxylic acid groups (broad SMARTS) is 2. The van der Waals surface area contributed by atoms with Crippen LogP contribution in [0.15, 0.2) is 0 Å². The minimum Gasteiger partial charge on any atom is -0.477 e. The van der Waals surface area contributed by atoms with Gasteiger partial charge in [0.1, 0.15) is 122 Å². The number of hydrogen-bond acceptors (Lipinski definition) is 33. The van der Waals surface area contributed by atoms with E-state index in [1.807, 2.05) is 0 Å². The van der Waals surface area contributed by atoms with E-state index in [0.717, 1.165) is 6.92 Å². The summed E-state index contributed by atoms with van der Waals surface area (Å²) in [7, 11) is 0. The fourth-order valence-corrected chi connectivity index (χ4v) is 10.9. The number of aliphatic carboxylic acids is 2. The molecule has 0 aromatic carbocycles. The fourth-order valence-electron chi connectivity index (χ4n) is 10.9. The molecule has 0 aromatic rings. The molecule has 0 bridgehead atoms. The minimum absolute atomic E-state index is 0.0232. The number of amides is 1. The van der Waals surface area contributed by atoms with Crippen LogP contribution in [0.3, 0.4) is 0 Å². The molecule has 36 nitrogen and oxygen atoms in total. The molecule has 6 saturated heterocycles. The molecule has 0 radical (unpaired) electrons. The predicted octanol–water partition coefficient (Wildman–Crippen LogP) is -12.0. The first-order chi connectivity index (χ1) is 39.5. The first kappa shape index (κ1) is 70.3. The average molecular weight is 1230 g/mol. The number of carbonyl (C=O) groups is 3. The molecule has 6 fully saturated rings. The molecule has 36 heteroatoms. The predicted molar refractivity (Wildman–Crippen MR) is 261 cm³/mol. The van der Waals surface area contributed by atoms with Crippen molar-refractivity contribution in [1.82, 2.24) is 5.32 Å². The van der Waals surface area contributed by atoms with Gasteiger partial charge in [-0.1, -0.05) is 13.8 Å². The van der Waals surface area contributed by atoms with E-state index in [2.05, 4.69) is 5.32 Å². The van der Waals surface area contributed by atoms with Gasteiger partial charge in [0.2, 0.25) is 5.91 Å². The lowest BCUT2D eigenvalue weighted by molar-refractivity contribution is -0.392. The van der Waals surface area contributed by atoms with E-state index in [1.165, 1.54) is 20.8 Å². The average Bonchev–Trinajstić information content (AvgIpc) is 3.53. The summed E-state index contributed by atoms with van der Waals surface area (Å²) < 4.78 is 69.4. The molecule has 6 heterocycles. The summed E-state index contributed by atoms with van der Waals surface area (Å²) in [5.41, 5.74) is 0. The van der Waals surface area contributed by atoms with Crippen LogP contribution in [0, 0.1) is 11.8 Å². The monoisotopic (exact) mass is 1230 g/mol. The summed E-state index contributed by atoms with van der Waals surface area (Å²) in [6.07, 6.45) is -56.7. The van der Waals surface area contributed by atoms with E-state index in [1.54, 1.807) is 0 Å². The van der Waals surface area contributed by atoms with Crippen molar-refractivity contribution in [2.75, 3.05) is 46.2 Å². The molecule has 84 heavy (non-hydrogen) atoms. The van der Waals surface area contributed by atoms with Gasteiger partial charge in [-0.2, -0.15) is 0 Å². The Balaban J connectivity index is 1.40. The van der Waals surface area contributed by atoms with Crippen molar-refractivity contribution in [2.24, 2.45) is 11.8 Å². The van der Waals surface area contributed by atoms with E-state index in [4.69, 9.17) is 56.8 Å². The molecule has 11 unspecified atom stereocenters. The smallest absolute Gasteiger partial charge is 0.364 e. The number of aliphatic hydroxyl groups is 18. The highest BCUT2D eigenvalue weighted by atomic mass is 16.8. The second kappa shape index (κ2) is 29.7. The maximum absolute atomic E-state index is 13.2. The number of ether oxygens (including phenoxy) is 12. The van der Waals surface area contributed by atoms with Crippen LogP contribution in [-0.2, 0) is 71.2 Å². The summed E-state index contributed by atoms with van der Waals surface area (Å²) in [5.74, 6) is -13.5. The van der Waals surface area contributed by atoms with Gasteiger partial charge in [-0.3, -0.25) is 4.79 Å². The molecule has 488 valence electrons. The molecule has 1 amide bonds. The molecule has 6 rings (SSSR count). The van der Waals surface area contributed by atoms with Crippen molar-refractivity contribution < 1.29 is 173 Å². The van der Waals surface area contributed by atoms with Crippen molar-refractivity contribution >= 4 is 17.8 Å². The van der Waals surface area contributed by atoms with Crippen LogP contribution in [0.2, 0.25) is 0 Å². The topological polar surface area (TPSA) is 579 Å². The van der Waals surface area contributed by atoms with E-state index < -0.39 is 265 Å². The number of carboxylic acids is 2. The number of nitrogens with one attached hydrogen (secondary N) is 1. The van der Waals surface area contributed by atoms with Crippen LogP contribution in [0.25, 0.3) is 0 Å². The molecule has 0 aliphatic carbocycles. The number of hydrogen-bond donors (Lipinski definition) is 21. The normalized spacial score (nSPS) is 46.4. The molecule has 0 saturated carbocycles. The Bertz CT molecular complexity index is 2110. The maximum atomic E-state index is 13.2. The van der Waals surface area contributed by atoms with Crippen molar-refractivity contribution in [1.29, 1.82) is 0 Å². The summed E-state index contributed by atoms with van der Waals surface area (Å²) in [4.78, 5) is 39.4. The van der Waals surface area contributed by atoms with Crippen molar-refractivity contribution in [3.05, 3.63) is 0 Å². The Morgan fingerprint density at radius 1 is 0.536 bits per heavy atom. The van der Waals surface area contributed by atoms with E-state index in [0.29, 0.717) is 0 Å². The van der Waals surface area contributed by atoms with E-state index in [-0.39, 0.29) is 6.61 Å². The van der Waals surface area contributed by atoms with Crippen LogP contribution in [0.1, 0.15) is 40.5 Å². The van der Waals surface area contributed by atoms with Crippen molar-refractivity contribution in [3.8, 4) is 0 Å². The zero-order valence-corrected chi connectivity index (χ0v) is 45.8. The fraction of sp³-hybridized carbons (Fsp3) is 0.938. The Morgan fingerprint density at radius 2 is 0.964 bits per heavy atom. The maximum Gasteiger partial charge on any atom is 0.364 e. The summed E-state index contributed by atoms with van der Waals surface area (Å²) in [6.45, 7) is -1.53. The lowest BCUT2D eigenvalue weighted by Crippen LogP contribution is -2.71. The van der Waals surface area contributed by atoms with Gasteiger partial charge in [-0.25, -0.2) is 9.59 Å². The van der Waals surface area contributed by atoms with Crippen LogP contribution < -0.4 is 5.32 Å². The Hall–Kier alpha value is -2.79. The molecular weight excluding hydrogens is 1150 g/mol. The number of rotatable bonds is 25. The molecule has 6 aliphatic heterocycles. The third-order valence-electron chi connectivity index (χ3n) is 15.9. The highest BCUT2D eigenvalue weighted by Gasteiger charge is 2.62. The Kier molecular flexibility index (Phi) is 24.8. The van der Waals surface area contributed by atoms with Gasteiger partial charge in [-0.05, 0) is 6.92 Å². The molecule has 21 N–H and O–H groups in total. The van der Waals surface area contributed by atoms with Crippen LogP contribution in [0.5, 0.6) is 0 Å². The highest BCUT2D eigenvalue weighted by molar-refractivity contribution is 5.76. The second-order valence-electron chi connectivity index (χ2n) is 21.6. The number of carbonyl (C=O) groups excluding carboxylic acids is 1. The largest absolute Gasteiger partial charge is 0.477 e.